The van der Waals surface area contributed by atoms with E-state index >= 15 is 0 Å². The van der Waals surface area contributed by atoms with E-state index in [0.717, 1.165) is 23.3 Å². The third-order valence-corrected chi connectivity index (χ3v) is 3.26. The van der Waals surface area contributed by atoms with Crippen molar-refractivity contribution in [3.8, 4) is 0 Å². The lowest BCUT2D eigenvalue weighted by Crippen LogP contribution is -2.05. The molecule has 0 bridgehead atoms. The summed E-state index contributed by atoms with van der Waals surface area (Å²) in [5.41, 5.74) is 0.916. The lowest BCUT2D eigenvalue weighted by Gasteiger charge is -2.09. The molecule has 0 amide bonds. The number of nitrogens with one attached hydrogen (secondary N) is 1. The predicted molar refractivity (Wildman–Crippen MR) is 79.3 cm³/mol. The van der Waals surface area contributed by atoms with E-state index in [1.165, 1.54) is 12.3 Å². The maximum absolute atomic E-state index is 11.0. The van der Waals surface area contributed by atoms with Crippen LogP contribution in [-0.2, 0) is 6.42 Å². The fourth-order valence-corrected chi connectivity index (χ4v) is 2.26. The van der Waals surface area contributed by atoms with E-state index in [1.54, 1.807) is 24.6 Å². The van der Waals surface area contributed by atoms with Crippen LogP contribution < -0.4 is 5.32 Å². The van der Waals surface area contributed by atoms with Crippen LogP contribution >= 0.6 is 0 Å². The molecule has 6 heteroatoms. The number of rotatable bonds is 5. The van der Waals surface area contributed by atoms with Crippen molar-refractivity contribution in [3.63, 3.8) is 0 Å². The zero-order valence-corrected chi connectivity index (χ0v) is 11.2. The summed E-state index contributed by atoms with van der Waals surface area (Å²) in [4.78, 5) is 14.6. The Hall–Kier alpha value is -2.89. The number of nitro benzene ring substituents is 1. The number of non-ortho nitro benzene ring substituents is 1. The first-order valence-corrected chi connectivity index (χ1v) is 6.53. The monoisotopic (exact) mass is 283 g/mol. The van der Waals surface area contributed by atoms with Gasteiger partial charge in [-0.2, -0.15) is 0 Å². The molecule has 0 atom stereocenters. The second-order valence-corrected chi connectivity index (χ2v) is 4.57. The van der Waals surface area contributed by atoms with Gasteiger partial charge in [-0.3, -0.25) is 15.1 Å². The number of nitrogens with zero attached hydrogens (tertiary/aromatic N) is 2. The number of furan rings is 1. The summed E-state index contributed by atoms with van der Waals surface area (Å²) in [5.74, 6) is 0.899. The standard InChI is InChI=1S/C15H13N3O3/c19-18(20)15-4-3-14(12-6-7-16-10-13(12)15)17-8-5-11-2-1-9-21-11/h1-4,6-7,9-10,17H,5,8H2. The minimum atomic E-state index is -0.392. The van der Waals surface area contributed by atoms with E-state index < -0.39 is 4.92 Å². The molecule has 1 N–H and O–H groups in total. The highest BCUT2D eigenvalue weighted by atomic mass is 16.6. The average Bonchev–Trinajstić information content (AvgIpc) is 3.00. The Bertz CT molecular complexity index is 769. The van der Waals surface area contributed by atoms with E-state index in [9.17, 15) is 10.1 Å². The molecule has 1 aromatic carbocycles. The summed E-state index contributed by atoms with van der Waals surface area (Å²) in [6, 6.07) is 8.77. The summed E-state index contributed by atoms with van der Waals surface area (Å²) >= 11 is 0. The molecule has 0 unspecified atom stereocenters. The van der Waals surface area contributed by atoms with Crippen LogP contribution in [0.15, 0.2) is 53.4 Å². The van der Waals surface area contributed by atoms with Crippen molar-refractivity contribution in [2.75, 3.05) is 11.9 Å². The number of hydrogen-bond acceptors (Lipinski definition) is 5. The lowest BCUT2D eigenvalue weighted by molar-refractivity contribution is -0.383. The molecule has 21 heavy (non-hydrogen) atoms. The second-order valence-electron chi connectivity index (χ2n) is 4.57. The Balaban J connectivity index is 1.85. The minimum absolute atomic E-state index is 0.0645. The van der Waals surface area contributed by atoms with Crippen LogP contribution in [0.4, 0.5) is 11.4 Å². The number of aromatic nitrogens is 1. The molecule has 0 aliphatic heterocycles. The molecule has 0 spiro atoms. The van der Waals surface area contributed by atoms with Crippen molar-refractivity contribution < 1.29 is 9.34 Å². The first-order chi connectivity index (χ1) is 10.3. The summed E-state index contributed by atoms with van der Waals surface area (Å²) in [6.07, 6.45) is 5.54. The van der Waals surface area contributed by atoms with Crippen LogP contribution in [-0.4, -0.2) is 16.5 Å². The maximum atomic E-state index is 11.0. The lowest BCUT2D eigenvalue weighted by atomic mass is 10.1. The van der Waals surface area contributed by atoms with Crippen molar-refractivity contribution in [3.05, 3.63) is 64.9 Å². The highest BCUT2D eigenvalue weighted by Gasteiger charge is 2.14. The zero-order chi connectivity index (χ0) is 14.7. The molecule has 3 aromatic rings. The minimum Gasteiger partial charge on any atom is -0.469 e. The van der Waals surface area contributed by atoms with Crippen LogP contribution in [0, 0.1) is 10.1 Å². The number of benzene rings is 1. The Morgan fingerprint density at radius 2 is 2.14 bits per heavy atom. The van der Waals surface area contributed by atoms with Crippen LogP contribution in [0.3, 0.4) is 0 Å². The molecule has 3 rings (SSSR count). The van der Waals surface area contributed by atoms with Gasteiger partial charge in [-0.1, -0.05) is 0 Å². The molecule has 2 heterocycles. The molecule has 2 aromatic heterocycles. The predicted octanol–water partition coefficient (Wildman–Crippen LogP) is 3.39. The van der Waals surface area contributed by atoms with Gasteiger partial charge in [-0.05, 0) is 24.3 Å². The maximum Gasteiger partial charge on any atom is 0.278 e. The van der Waals surface area contributed by atoms with E-state index in [4.69, 9.17) is 4.42 Å². The van der Waals surface area contributed by atoms with E-state index in [1.807, 2.05) is 12.1 Å². The Kier molecular flexibility index (Phi) is 3.51. The molecule has 0 fully saturated rings. The Labute approximate surface area is 120 Å². The van der Waals surface area contributed by atoms with Crippen molar-refractivity contribution >= 4 is 22.1 Å². The third-order valence-electron chi connectivity index (χ3n) is 3.26. The molecule has 0 radical (unpaired) electrons. The molecule has 0 saturated carbocycles. The van der Waals surface area contributed by atoms with Crippen molar-refractivity contribution in [2.45, 2.75) is 6.42 Å². The third kappa shape index (κ3) is 2.69. The SMILES string of the molecule is O=[N+]([O-])c1ccc(NCCc2ccco2)c2ccncc12. The van der Waals surface area contributed by atoms with Gasteiger partial charge in [0.15, 0.2) is 0 Å². The highest BCUT2D eigenvalue weighted by Crippen LogP contribution is 2.30. The summed E-state index contributed by atoms with van der Waals surface area (Å²) in [5, 5.41) is 15.6. The Morgan fingerprint density at radius 3 is 2.90 bits per heavy atom. The van der Waals surface area contributed by atoms with Gasteiger partial charge in [-0.25, -0.2) is 0 Å². The van der Waals surface area contributed by atoms with Gasteiger partial charge in [0, 0.05) is 42.5 Å². The number of nitro groups is 1. The van der Waals surface area contributed by atoms with Crippen LogP contribution in [0.5, 0.6) is 0 Å². The Morgan fingerprint density at radius 1 is 1.24 bits per heavy atom. The molecule has 6 nitrogen and oxygen atoms in total. The molecule has 0 saturated heterocycles. The van der Waals surface area contributed by atoms with E-state index in [-0.39, 0.29) is 5.69 Å². The van der Waals surface area contributed by atoms with E-state index in [2.05, 4.69) is 10.3 Å². The quantitative estimate of drug-likeness (QED) is 0.573. The number of pyridine rings is 1. The van der Waals surface area contributed by atoms with Crippen LogP contribution in [0.2, 0.25) is 0 Å². The van der Waals surface area contributed by atoms with Gasteiger partial charge in [0.2, 0.25) is 0 Å². The fraction of sp³-hybridized carbons (Fsp3) is 0.133. The van der Waals surface area contributed by atoms with Gasteiger partial charge < -0.3 is 9.73 Å². The normalized spacial score (nSPS) is 10.7. The average molecular weight is 283 g/mol. The van der Waals surface area contributed by atoms with Gasteiger partial charge in [-0.15, -0.1) is 0 Å². The van der Waals surface area contributed by atoms with Crippen molar-refractivity contribution in [1.29, 1.82) is 0 Å². The highest BCUT2D eigenvalue weighted by molar-refractivity contribution is 5.99. The van der Waals surface area contributed by atoms with Crippen LogP contribution in [0.1, 0.15) is 5.76 Å². The first kappa shape index (κ1) is 13.1. The molecular weight excluding hydrogens is 270 g/mol. The summed E-state index contributed by atoms with van der Waals surface area (Å²) in [7, 11) is 0. The van der Waals surface area contributed by atoms with Crippen molar-refractivity contribution in [2.24, 2.45) is 0 Å². The molecule has 0 aliphatic rings. The smallest absolute Gasteiger partial charge is 0.278 e. The number of fused-ring (bicyclic) bond motifs is 1. The molecular formula is C15H13N3O3. The van der Waals surface area contributed by atoms with Gasteiger partial charge >= 0.3 is 0 Å². The summed E-state index contributed by atoms with van der Waals surface area (Å²) < 4.78 is 5.27. The zero-order valence-electron chi connectivity index (χ0n) is 11.2. The second kappa shape index (κ2) is 5.62. The van der Waals surface area contributed by atoms with Gasteiger partial charge in [0.25, 0.3) is 5.69 Å². The van der Waals surface area contributed by atoms with Crippen molar-refractivity contribution in [1.82, 2.24) is 4.98 Å². The number of anilines is 1. The summed E-state index contributed by atoms with van der Waals surface area (Å²) in [6.45, 7) is 0.683. The molecule has 0 aliphatic carbocycles. The van der Waals surface area contributed by atoms with E-state index in [0.29, 0.717) is 11.9 Å². The topological polar surface area (TPSA) is 81.2 Å². The molecule has 106 valence electrons. The van der Waals surface area contributed by atoms with Crippen LogP contribution in [0.25, 0.3) is 10.8 Å². The first-order valence-electron chi connectivity index (χ1n) is 6.53. The fourth-order valence-electron chi connectivity index (χ4n) is 2.26. The number of hydrogen-bond donors (Lipinski definition) is 1. The van der Waals surface area contributed by atoms with Gasteiger partial charge in [0.1, 0.15) is 5.76 Å². The van der Waals surface area contributed by atoms with Gasteiger partial charge in [0.05, 0.1) is 16.6 Å². The largest absolute Gasteiger partial charge is 0.469 e.